The molecule has 0 aliphatic carbocycles. The number of methoxy groups -OCH3 is 1. The molecule has 1 fully saturated rings. The maximum absolute atomic E-state index is 11.0. The number of halogens is 1. The molecule has 242 valence electrons. The molecule has 0 amide bonds. The first-order valence-corrected chi connectivity index (χ1v) is 16.4. The Bertz CT molecular complexity index is 1770. The van der Waals surface area contributed by atoms with Gasteiger partial charge in [0.05, 0.1) is 47.7 Å². The summed E-state index contributed by atoms with van der Waals surface area (Å²) in [6.45, 7) is 11.6. The molecule has 0 bridgehead atoms. The summed E-state index contributed by atoms with van der Waals surface area (Å²) in [4.78, 5) is 25.4. The third-order valence-corrected chi connectivity index (χ3v) is 9.61. The van der Waals surface area contributed by atoms with Gasteiger partial charge >= 0.3 is 5.97 Å². The monoisotopic (exact) mass is 663 g/mol. The van der Waals surface area contributed by atoms with Crippen LogP contribution < -0.4 is 14.8 Å². The standard InChI is InChI=1S/C33H38ClN7O4S/c1-5-41-22(3)21(2)37-33(41)46-30-8-7-24(15-26(30)34)38-32-23(18-35)19-36-27-17-29(28(44-4)16-25(27)32)45-14-6-9-39-10-12-40(13-11-39)20-31(42)43/h7-8,15-17,19H,5-6,9-14,20H2,1-4H3,(H,36,38)(H,42,43). The van der Waals surface area contributed by atoms with E-state index in [-0.39, 0.29) is 6.54 Å². The highest BCUT2D eigenvalue weighted by molar-refractivity contribution is 7.99. The summed E-state index contributed by atoms with van der Waals surface area (Å²) in [5.74, 6) is 0.323. The number of pyridine rings is 1. The van der Waals surface area contributed by atoms with Gasteiger partial charge in [0, 0.05) is 73.2 Å². The van der Waals surface area contributed by atoms with E-state index in [1.807, 2.05) is 42.2 Å². The van der Waals surface area contributed by atoms with Crippen LogP contribution in [-0.4, -0.2) is 88.4 Å². The maximum Gasteiger partial charge on any atom is 0.317 e. The molecule has 2 aromatic carbocycles. The van der Waals surface area contributed by atoms with Crippen LogP contribution >= 0.6 is 23.4 Å². The molecule has 0 radical (unpaired) electrons. The molecule has 13 heteroatoms. The van der Waals surface area contributed by atoms with Crippen molar-refractivity contribution in [2.75, 3.05) is 58.3 Å². The number of nitrogens with zero attached hydrogens (tertiary/aromatic N) is 6. The van der Waals surface area contributed by atoms with Gasteiger partial charge in [-0.2, -0.15) is 5.26 Å². The molecular formula is C33H38ClN7O4S. The SMILES string of the molecule is CCn1c(Sc2ccc(Nc3c(C#N)cnc4cc(OCCCN5CCN(CC(=O)O)CC5)c(OC)cc34)cc2Cl)nc(C)c1C. The minimum atomic E-state index is -0.789. The molecule has 2 N–H and O–H groups in total. The molecule has 11 nitrogen and oxygen atoms in total. The lowest BCUT2D eigenvalue weighted by Gasteiger charge is -2.33. The number of imidazole rings is 1. The summed E-state index contributed by atoms with van der Waals surface area (Å²) in [6.07, 6.45) is 2.36. The number of rotatable bonds is 13. The quantitative estimate of drug-likeness (QED) is 0.164. The van der Waals surface area contributed by atoms with Crippen LogP contribution in [0.5, 0.6) is 11.5 Å². The van der Waals surface area contributed by atoms with Crippen molar-refractivity contribution in [2.24, 2.45) is 0 Å². The van der Waals surface area contributed by atoms with Gasteiger partial charge in [0.1, 0.15) is 6.07 Å². The first-order chi connectivity index (χ1) is 22.2. The molecule has 1 aliphatic rings. The van der Waals surface area contributed by atoms with E-state index in [4.69, 9.17) is 31.2 Å². The van der Waals surface area contributed by atoms with Gasteiger partial charge < -0.3 is 29.4 Å². The molecule has 0 saturated carbocycles. The zero-order valence-electron chi connectivity index (χ0n) is 26.5. The fourth-order valence-corrected chi connectivity index (χ4v) is 6.85. The number of ether oxygens (including phenoxy) is 2. The van der Waals surface area contributed by atoms with Crippen molar-refractivity contribution in [3.05, 3.63) is 58.5 Å². The van der Waals surface area contributed by atoms with E-state index < -0.39 is 5.97 Å². The first-order valence-electron chi connectivity index (χ1n) is 15.2. The topological polar surface area (TPSA) is 129 Å². The molecule has 0 unspecified atom stereocenters. The molecular weight excluding hydrogens is 626 g/mol. The molecule has 0 atom stereocenters. The van der Waals surface area contributed by atoms with Gasteiger partial charge in [0.2, 0.25) is 0 Å². The van der Waals surface area contributed by atoms with Crippen molar-refractivity contribution in [1.82, 2.24) is 24.3 Å². The highest BCUT2D eigenvalue weighted by Gasteiger charge is 2.19. The van der Waals surface area contributed by atoms with Gasteiger partial charge in [-0.1, -0.05) is 23.4 Å². The average Bonchev–Trinajstić information content (AvgIpc) is 3.31. The van der Waals surface area contributed by atoms with E-state index in [2.05, 4.69) is 39.7 Å². The molecule has 4 aromatic rings. The van der Waals surface area contributed by atoms with E-state index >= 15 is 0 Å². The second-order valence-corrected chi connectivity index (χ2v) is 12.5. The number of aromatic nitrogens is 3. The molecule has 1 aliphatic heterocycles. The summed E-state index contributed by atoms with van der Waals surface area (Å²) in [5.41, 5.74) is 4.51. The summed E-state index contributed by atoms with van der Waals surface area (Å²) in [6, 6.07) is 11.6. The number of aryl methyl sites for hydroxylation is 1. The molecule has 0 spiro atoms. The fourth-order valence-electron chi connectivity index (χ4n) is 5.50. The van der Waals surface area contributed by atoms with E-state index in [1.165, 1.54) is 11.8 Å². The van der Waals surface area contributed by atoms with Crippen molar-refractivity contribution < 1.29 is 19.4 Å². The van der Waals surface area contributed by atoms with E-state index in [9.17, 15) is 10.1 Å². The Morgan fingerprint density at radius 1 is 1.15 bits per heavy atom. The van der Waals surface area contributed by atoms with E-state index in [0.29, 0.717) is 45.3 Å². The number of piperazine rings is 1. The van der Waals surface area contributed by atoms with Crippen LogP contribution in [0.3, 0.4) is 0 Å². The molecule has 46 heavy (non-hydrogen) atoms. The lowest BCUT2D eigenvalue weighted by atomic mass is 10.1. The van der Waals surface area contributed by atoms with Crippen molar-refractivity contribution in [2.45, 2.75) is 43.8 Å². The van der Waals surface area contributed by atoms with E-state index in [0.717, 1.165) is 72.8 Å². The van der Waals surface area contributed by atoms with Crippen LogP contribution in [0.4, 0.5) is 11.4 Å². The lowest BCUT2D eigenvalue weighted by molar-refractivity contribution is -0.138. The zero-order chi connectivity index (χ0) is 32.8. The van der Waals surface area contributed by atoms with Crippen LogP contribution in [0.15, 0.2) is 46.6 Å². The number of fused-ring (bicyclic) bond motifs is 1. The predicted octanol–water partition coefficient (Wildman–Crippen LogP) is 5.97. The zero-order valence-corrected chi connectivity index (χ0v) is 28.0. The number of nitriles is 1. The fraction of sp³-hybridized carbons (Fsp3) is 0.394. The average molecular weight is 664 g/mol. The highest BCUT2D eigenvalue weighted by atomic mass is 35.5. The van der Waals surface area contributed by atoms with Crippen LogP contribution in [0.25, 0.3) is 10.9 Å². The largest absolute Gasteiger partial charge is 0.493 e. The second kappa shape index (κ2) is 15.0. The Morgan fingerprint density at radius 2 is 1.91 bits per heavy atom. The molecule has 2 aromatic heterocycles. The van der Waals surface area contributed by atoms with Gasteiger partial charge in [-0.15, -0.1) is 0 Å². The van der Waals surface area contributed by atoms with Crippen LogP contribution in [0, 0.1) is 25.2 Å². The Kier molecular flexibility index (Phi) is 10.9. The Labute approximate surface area is 278 Å². The minimum absolute atomic E-state index is 0.0885. The number of benzene rings is 2. The van der Waals surface area contributed by atoms with Crippen LogP contribution in [0.1, 0.15) is 30.3 Å². The normalized spacial score (nSPS) is 13.9. The summed E-state index contributed by atoms with van der Waals surface area (Å²) >= 11 is 8.27. The number of carboxylic acid groups (broad SMARTS) is 1. The number of carboxylic acids is 1. The van der Waals surface area contributed by atoms with Crippen molar-refractivity contribution in [1.29, 1.82) is 5.26 Å². The maximum atomic E-state index is 11.0. The number of anilines is 2. The third-order valence-electron chi connectivity index (χ3n) is 8.12. The predicted molar refractivity (Wildman–Crippen MR) is 180 cm³/mol. The van der Waals surface area contributed by atoms with E-state index in [1.54, 1.807) is 13.3 Å². The third kappa shape index (κ3) is 7.67. The summed E-state index contributed by atoms with van der Waals surface area (Å²) in [5, 5.41) is 24.5. The molecule has 5 rings (SSSR count). The van der Waals surface area contributed by atoms with Crippen molar-refractivity contribution >= 4 is 51.6 Å². The van der Waals surface area contributed by atoms with Crippen LogP contribution in [-0.2, 0) is 11.3 Å². The number of carbonyl (C=O) groups is 1. The van der Waals surface area contributed by atoms with Crippen LogP contribution in [0.2, 0.25) is 5.02 Å². The Hall–Kier alpha value is -4.02. The van der Waals surface area contributed by atoms with Gasteiger partial charge in [0.25, 0.3) is 0 Å². The minimum Gasteiger partial charge on any atom is -0.493 e. The Balaban J connectivity index is 1.28. The number of nitrogens with one attached hydrogen (secondary N) is 1. The highest BCUT2D eigenvalue weighted by Crippen LogP contribution is 2.39. The number of hydrogen-bond donors (Lipinski definition) is 2. The van der Waals surface area contributed by atoms with Crippen molar-refractivity contribution in [3.8, 4) is 17.6 Å². The van der Waals surface area contributed by atoms with Crippen molar-refractivity contribution in [3.63, 3.8) is 0 Å². The number of aliphatic carboxylic acids is 1. The Morgan fingerprint density at radius 3 is 2.59 bits per heavy atom. The number of hydrogen-bond acceptors (Lipinski definition) is 10. The smallest absolute Gasteiger partial charge is 0.317 e. The lowest BCUT2D eigenvalue weighted by Crippen LogP contribution is -2.48. The second-order valence-electron chi connectivity index (χ2n) is 11.1. The van der Waals surface area contributed by atoms with Gasteiger partial charge in [-0.25, -0.2) is 4.98 Å². The summed E-state index contributed by atoms with van der Waals surface area (Å²) in [7, 11) is 1.59. The molecule has 1 saturated heterocycles. The first kappa shape index (κ1) is 33.3. The van der Waals surface area contributed by atoms with Gasteiger partial charge in [-0.3, -0.25) is 14.7 Å². The van der Waals surface area contributed by atoms with Gasteiger partial charge in [0.15, 0.2) is 16.7 Å². The van der Waals surface area contributed by atoms with Gasteiger partial charge in [-0.05, 0) is 51.5 Å². The summed E-state index contributed by atoms with van der Waals surface area (Å²) < 4.78 is 14.0. The molecule has 3 heterocycles.